The Labute approximate surface area is 165 Å². The van der Waals surface area contributed by atoms with Crippen LogP contribution in [0.2, 0.25) is 5.02 Å². The van der Waals surface area contributed by atoms with Gasteiger partial charge in [0.15, 0.2) is 5.69 Å². The Morgan fingerprint density at radius 1 is 1.38 bits per heavy atom. The number of aromatic carboxylic acids is 1. The maximum Gasteiger partial charge on any atom is 1.00 e. The number of carbonyl (C=O) groups excluding carboxylic acids is 2. The maximum absolute atomic E-state index is 13.8. The fourth-order valence-corrected chi connectivity index (χ4v) is 1.80. The summed E-state index contributed by atoms with van der Waals surface area (Å²) in [5.41, 5.74) is 8.51. The predicted molar refractivity (Wildman–Crippen MR) is 65.8 cm³/mol. The van der Waals surface area contributed by atoms with Gasteiger partial charge in [-0.05, 0) is 18.2 Å². The minimum Gasteiger partial charge on any atom is -0.543 e. The average Bonchev–Trinajstić information content (AvgIpc) is 2.70. The Bertz CT molecular complexity index is 734. The largest absolute Gasteiger partial charge is 1.00 e. The molecule has 0 saturated heterocycles. The number of nitrogen functional groups attached to an aromatic ring is 1. The van der Waals surface area contributed by atoms with Gasteiger partial charge < -0.3 is 21.4 Å². The summed E-state index contributed by atoms with van der Waals surface area (Å²) < 4.78 is 14.4. The molecule has 0 saturated carbocycles. The van der Waals surface area contributed by atoms with Crippen molar-refractivity contribution in [3.63, 3.8) is 0 Å². The second-order valence-electron chi connectivity index (χ2n) is 3.77. The third kappa shape index (κ3) is 3.44. The van der Waals surface area contributed by atoms with Crippen LogP contribution in [0.5, 0.6) is 0 Å². The molecule has 21 heavy (non-hydrogen) atoms. The zero-order chi connectivity index (χ0) is 15.0. The van der Waals surface area contributed by atoms with Crippen molar-refractivity contribution in [2.24, 2.45) is 5.73 Å². The first-order valence-electron chi connectivity index (χ1n) is 5.18. The van der Waals surface area contributed by atoms with E-state index in [1.54, 1.807) is 0 Å². The number of benzene rings is 1. The third-order valence-corrected chi connectivity index (χ3v) is 2.72. The number of halogens is 2. The van der Waals surface area contributed by atoms with Gasteiger partial charge in [0, 0.05) is 5.02 Å². The quantitative estimate of drug-likeness (QED) is 0.568. The van der Waals surface area contributed by atoms with Gasteiger partial charge in [-0.25, -0.2) is 9.07 Å². The van der Waals surface area contributed by atoms with Gasteiger partial charge in [-0.1, -0.05) is 11.6 Å². The molecule has 1 heterocycles. The van der Waals surface area contributed by atoms with E-state index >= 15 is 0 Å². The molecule has 0 bridgehead atoms. The second kappa shape index (κ2) is 6.86. The number of carboxylic acid groups (broad SMARTS) is 1. The Morgan fingerprint density at radius 3 is 2.52 bits per heavy atom. The van der Waals surface area contributed by atoms with E-state index < -0.39 is 34.8 Å². The first-order valence-corrected chi connectivity index (χ1v) is 5.55. The first kappa shape index (κ1) is 18.1. The van der Waals surface area contributed by atoms with E-state index in [2.05, 4.69) is 5.10 Å². The summed E-state index contributed by atoms with van der Waals surface area (Å²) in [4.78, 5) is 22.2. The molecule has 0 radical (unpaired) electrons. The number of amides is 1. The molecule has 1 amide bonds. The van der Waals surface area contributed by atoms with Crippen molar-refractivity contribution in [2.45, 2.75) is 0 Å². The maximum atomic E-state index is 13.8. The molecule has 2 aromatic rings. The molecule has 104 valence electrons. The summed E-state index contributed by atoms with van der Waals surface area (Å²) in [5, 5.41) is 14.8. The molecule has 10 heteroatoms. The first-order chi connectivity index (χ1) is 9.32. The van der Waals surface area contributed by atoms with Gasteiger partial charge in [-0.3, -0.25) is 4.79 Å². The summed E-state index contributed by atoms with van der Waals surface area (Å²) >= 11 is 5.71. The molecule has 1 aromatic carbocycles. The second-order valence-corrected chi connectivity index (χ2v) is 4.21. The van der Waals surface area contributed by atoms with Crippen LogP contribution in [0.4, 0.5) is 10.1 Å². The van der Waals surface area contributed by atoms with E-state index in [1.807, 2.05) is 0 Å². The number of nitrogens with two attached hydrogens (primary N) is 2. The molecule has 1 aromatic heterocycles. The zero-order valence-corrected chi connectivity index (χ0v) is 14.6. The van der Waals surface area contributed by atoms with Gasteiger partial charge >= 0.3 is 51.4 Å². The number of anilines is 1. The molecule has 0 unspecified atom stereocenters. The SMILES string of the molecule is NC(=O)c1nn(-c2cc(Cl)ccc2F)c(C(=O)[O-])c1N.[K+]. The number of rotatable bonds is 3. The standard InChI is InChI=1S/C11H8ClFN4O3.K/c12-4-1-2-5(13)6(3-4)17-9(11(19)20)7(14)8(16-17)10(15)18;/h1-3H,14H2,(H2,15,18)(H,19,20);/q;+1/p-1. The average molecular weight is 337 g/mol. The van der Waals surface area contributed by atoms with Gasteiger partial charge in [0.2, 0.25) is 0 Å². The van der Waals surface area contributed by atoms with Crippen LogP contribution >= 0.6 is 11.6 Å². The van der Waals surface area contributed by atoms with Crippen molar-refractivity contribution in [1.29, 1.82) is 0 Å². The van der Waals surface area contributed by atoms with Crippen LogP contribution in [0.25, 0.3) is 5.69 Å². The smallest absolute Gasteiger partial charge is 0.543 e. The minimum atomic E-state index is -1.73. The number of nitrogens with zero attached hydrogens (tertiary/aromatic N) is 2. The van der Waals surface area contributed by atoms with Crippen LogP contribution in [-0.4, -0.2) is 21.7 Å². The molecule has 0 aliphatic carbocycles. The van der Waals surface area contributed by atoms with Crippen LogP contribution in [0.3, 0.4) is 0 Å². The Balaban J connectivity index is 0.00000220. The molecule has 2 rings (SSSR count). The van der Waals surface area contributed by atoms with Crippen molar-refractivity contribution in [3.05, 3.63) is 40.4 Å². The van der Waals surface area contributed by atoms with E-state index in [4.69, 9.17) is 23.1 Å². The van der Waals surface area contributed by atoms with Crippen molar-refractivity contribution >= 4 is 29.2 Å². The summed E-state index contributed by atoms with van der Waals surface area (Å²) in [6.07, 6.45) is 0. The van der Waals surface area contributed by atoms with Crippen LogP contribution in [0.1, 0.15) is 21.0 Å². The van der Waals surface area contributed by atoms with Gasteiger partial charge in [-0.2, -0.15) is 5.10 Å². The summed E-state index contributed by atoms with van der Waals surface area (Å²) in [6.45, 7) is 0. The van der Waals surface area contributed by atoms with Crippen LogP contribution in [0, 0.1) is 5.82 Å². The van der Waals surface area contributed by atoms with Crippen molar-refractivity contribution in [3.8, 4) is 5.69 Å². The monoisotopic (exact) mass is 336 g/mol. The minimum absolute atomic E-state index is 0. The summed E-state index contributed by atoms with van der Waals surface area (Å²) in [7, 11) is 0. The molecule has 0 spiro atoms. The molecule has 0 atom stereocenters. The van der Waals surface area contributed by atoms with Crippen LogP contribution in [0.15, 0.2) is 18.2 Å². The predicted octanol–water partition coefficient (Wildman–Crippen LogP) is -3.29. The topological polar surface area (TPSA) is 127 Å². The number of primary amides is 1. The normalized spacial score (nSPS) is 10.0. The fraction of sp³-hybridized carbons (Fsp3) is 0. The zero-order valence-electron chi connectivity index (χ0n) is 10.8. The van der Waals surface area contributed by atoms with E-state index in [1.165, 1.54) is 6.07 Å². The molecule has 4 N–H and O–H groups in total. The number of aromatic nitrogens is 2. The van der Waals surface area contributed by atoms with E-state index in [0.717, 1.165) is 12.1 Å². The van der Waals surface area contributed by atoms with E-state index in [0.29, 0.717) is 4.68 Å². The summed E-state index contributed by atoms with van der Waals surface area (Å²) in [6, 6.07) is 3.40. The molecule has 7 nitrogen and oxygen atoms in total. The number of hydrogen-bond donors (Lipinski definition) is 2. The molecule has 0 aliphatic heterocycles. The van der Waals surface area contributed by atoms with Gasteiger partial charge in [0.1, 0.15) is 17.2 Å². The molecule has 0 fully saturated rings. The van der Waals surface area contributed by atoms with Crippen molar-refractivity contribution in [2.75, 3.05) is 5.73 Å². The van der Waals surface area contributed by atoms with E-state index in [-0.39, 0.29) is 62.1 Å². The Kier molecular flexibility index (Phi) is 5.90. The fourth-order valence-electron chi connectivity index (χ4n) is 1.63. The molecular formula is C11H7ClFKN4O3. The van der Waals surface area contributed by atoms with Crippen LogP contribution in [-0.2, 0) is 0 Å². The van der Waals surface area contributed by atoms with Gasteiger partial charge in [0.25, 0.3) is 5.91 Å². The molecular weight excluding hydrogens is 330 g/mol. The van der Waals surface area contributed by atoms with Gasteiger partial charge in [0.05, 0.1) is 11.7 Å². The molecule has 0 aliphatic rings. The van der Waals surface area contributed by atoms with Gasteiger partial charge in [-0.15, -0.1) is 0 Å². The third-order valence-electron chi connectivity index (χ3n) is 2.49. The number of hydrogen-bond acceptors (Lipinski definition) is 5. The van der Waals surface area contributed by atoms with Crippen molar-refractivity contribution in [1.82, 2.24) is 9.78 Å². The van der Waals surface area contributed by atoms with Crippen LogP contribution < -0.4 is 68.0 Å². The Hall–Kier alpha value is -0.974. The number of carboxylic acids is 1. The van der Waals surface area contributed by atoms with E-state index in [9.17, 15) is 19.1 Å². The number of carbonyl (C=O) groups is 2. The Morgan fingerprint density at radius 2 is 2.00 bits per heavy atom. The summed E-state index contributed by atoms with van der Waals surface area (Å²) in [5.74, 6) is -3.59. The van der Waals surface area contributed by atoms with Crippen molar-refractivity contribution < 1.29 is 70.5 Å².